The van der Waals surface area contributed by atoms with Crippen molar-refractivity contribution in [1.29, 1.82) is 0 Å². The Morgan fingerprint density at radius 2 is 2.17 bits per heavy atom. The molecule has 0 unspecified atom stereocenters. The van der Waals surface area contributed by atoms with Gasteiger partial charge < -0.3 is 14.7 Å². The number of carbonyl (C=O) groups is 2. The van der Waals surface area contributed by atoms with Crippen molar-refractivity contribution in [3.8, 4) is 0 Å². The van der Waals surface area contributed by atoms with Gasteiger partial charge in [0, 0.05) is 20.2 Å². The van der Waals surface area contributed by atoms with Crippen molar-refractivity contribution in [3.63, 3.8) is 0 Å². The van der Waals surface area contributed by atoms with Crippen LogP contribution in [0, 0.1) is 11.3 Å². The molecule has 1 aliphatic heterocycles. The minimum absolute atomic E-state index is 0.0408. The van der Waals surface area contributed by atoms with Crippen molar-refractivity contribution >= 4 is 11.9 Å². The lowest BCUT2D eigenvalue weighted by atomic mass is 9.75. The third-order valence-corrected chi connectivity index (χ3v) is 4.03. The topological polar surface area (TPSA) is 66.8 Å². The lowest BCUT2D eigenvalue weighted by Crippen LogP contribution is -2.51. The van der Waals surface area contributed by atoms with Gasteiger partial charge in [0.15, 0.2) is 0 Å². The van der Waals surface area contributed by atoms with Crippen LogP contribution in [-0.4, -0.2) is 48.7 Å². The van der Waals surface area contributed by atoms with Crippen LogP contribution in [0.25, 0.3) is 0 Å². The molecule has 1 heterocycles. The summed E-state index contributed by atoms with van der Waals surface area (Å²) in [6.07, 6.45) is 4.46. The summed E-state index contributed by atoms with van der Waals surface area (Å²) in [7, 11) is 1.48. The fraction of sp³-hybridized carbons (Fsp3) is 0.846. The quantitative estimate of drug-likeness (QED) is 0.799. The largest absolute Gasteiger partial charge is 0.481 e. The number of carbonyl (C=O) groups excluding carboxylic acids is 1. The fourth-order valence-corrected chi connectivity index (χ4v) is 2.86. The summed E-state index contributed by atoms with van der Waals surface area (Å²) < 4.78 is 4.84. The van der Waals surface area contributed by atoms with Crippen molar-refractivity contribution in [2.24, 2.45) is 11.3 Å². The summed E-state index contributed by atoms with van der Waals surface area (Å²) in [5.41, 5.74) is -0.719. The zero-order valence-corrected chi connectivity index (χ0v) is 10.9. The molecule has 1 saturated carbocycles. The van der Waals surface area contributed by atoms with Crippen molar-refractivity contribution in [2.75, 3.05) is 26.8 Å². The number of hydrogen-bond acceptors (Lipinski definition) is 3. The first-order valence-electron chi connectivity index (χ1n) is 6.57. The van der Waals surface area contributed by atoms with Crippen LogP contribution in [0.1, 0.15) is 32.1 Å². The number of carboxylic acid groups (broad SMARTS) is 1. The Labute approximate surface area is 107 Å². The molecule has 1 aliphatic carbocycles. The Kier molecular flexibility index (Phi) is 3.90. The molecule has 2 rings (SSSR count). The van der Waals surface area contributed by atoms with Crippen LogP contribution < -0.4 is 0 Å². The smallest absolute Gasteiger partial charge is 0.311 e. The van der Waals surface area contributed by atoms with E-state index < -0.39 is 11.4 Å². The second-order valence-corrected chi connectivity index (χ2v) is 5.58. The first kappa shape index (κ1) is 13.3. The summed E-state index contributed by atoms with van der Waals surface area (Å²) in [6, 6.07) is 0. The van der Waals surface area contributed by atoms with Crippen LogP contribution in [0.2, 0.25) is 0 Å². The van der Waals surface area contributed by atoms with Gasteiger partial charge in [-0.15, -0.1) is 0 Å². The van der Waals surface area contributed by atoms with Crippen molar-refractivity contribution in [2.45, 2.75) is 32.1 Å². The lowest BCUT2D eigenvalue weighted by molar-refractivity contribution is -0.156. The van der Waals surface area contributed by atoms with Crippen LogP contribution in [-0.2, 0) is 14.3 Å². The number of rotatable bonds is 5. The number of carboxylic acids is 1. The summed E-state index contributed by atoms with van der Waals surface area (Å²) in [6.45, 7) is 1.04. The molecule has 1 amide bonds. The Bertz CT molecular complexity index is 340. The molecule has 0 aromatic rings. The second kappa shape index (κ2) is 5.26. The van der Waals surface area contributed by atoms with E-state index in [2.05, 4.69) is 0 Å². The lowest BCUT2D eigenvalue weighted by Gasteiger charge is -2.40. The van der Waals surface area contributed by atoms with Gasteiger partial charge in [0.05, 0.1) is 5.41 Å². The average molecular weight is 255 g/mol. The maximum Gasteiger partial charge on any atom is 0.311 e. The Balaban J connectivity index is 2.05. The minimum Gasteiger partial charge on any atom is -0.481 e. The first-order valence-corrected chi connectivity index (χ1v) is 6.57. The molecule has 2 aliphatic rings. The van der Waals surface area contributed by atoms with Gasteiger partial charge >= 0.3 is 5.97 Å². The van der Waals surface area contributed by atoms with E-state index in [1.807, 2.05) is 0 Å². The third kappa shape index (κ3) is 2.83. The average Bonchev–Trinajstić information content (AvgIpc) is 3.13. The molecule has 2 fully saturated rings. The number of piperidine rings is 1. The molecule has 5 heteroatoms. The predicted octanol–water partition coefficient (Wildman–Crippen LogP) is 1.13. The Morgan fingerprint density at radius 1 is 1.44 bits per heavy atom. The molecule has 0 spiro atoms. The Morgan fingerprint density at radius 3 is 2.72 bits per heavy atom. The van der Waals surface area contributed by atoms with Crippen LogP contribution >= 0.6 is 0 Å². The fourth-order valence-electron chi connectivity index (χ4n) is 2.86. The monoisotopic (exact) mass is 255 g/mol. The molecule has 0 radical (unpaired) electrons. The molecule has 1 saturated heterocycles. The summed E-state index contributed by atoms with van der Waals surface area (Å²) >= 11 is 0. The highest BCUT2D eigenvalue weighted by Gasteiger charge is 2.46. The Hall–Kier alpha value is -1.10. The van der Waals surface area contributed by atoms with Gasteiger partial charge in [-0.1, -0.05) is 12.8 Å². The highest BCUT2D eigenvalue weighted by molar-refractivity contribution is 5.80. The van der Waals surface area contributed by atoms with Crippen molar-refractivity contribution < 1.29 is 19.4 Å². The van der Waals surface area contributed by atoms with E-state index in [1.165, 1.54) is 7.11 Å². The zero-order valence-electron chi connectivity index (χ0n) is 10.9. The molecule has 0 aromatic heterocycles. The molecule has 0 aromatic carbocycles. The highest BCUT2D eigenvalue weighted by atomic mass is 16.5. The summed E-state index contributed by atoms with van der Waals surface area (Å²) in [5, 5.41) is 9.53. The van der Waals surface area contributed by atoms with E-state index in [9.17, 15) is 14.7 Å². The molecule has 1 atom stereocenters. The standard InChI is InChI=1S/C13H21NO4/c1-18-8-11(15)14-6-2-5-13(9-14,12(16)17)7-10-3-4-10/h10H,2-9H2,1H3,(H,16,17)/t13-/m1/s1. The van der Waals surface area contributed by atoms with Crippen molar-refractivity contribution in [1.82, 2.24) is 4.90 Å². The van der Waals surface area contributed by atoms with E-state index in [4.69, 9.17) is 4.74 Å². The molecule has 18 heavy (non-hydrogen) atoms. The molecule has 102 valence electrons. The summed E-state index contributed by atoms with van der Waals surface area (Å²) in [5.74, 6) is -0.290. The molecular formula is C13H21NO4. The van der Waals surface area contributed by atoms with Gasteiger partial charge in [0.2, 0.25) is 5.91 Å². The van der Waals surface area contributed by atoms with Gasteiger partial charge in [-0.2, -0.15) is 0 Å². The molecule has 1 N–H and O–H groups in total. The minimum atomic E-state index is -0.746. The van der Waals surface area contributed by atoms with Crippen LogP contribution in [0.5, 0.6) is 0 Å². The molecular weight excluding hydrogens is 234 g/mol. The highest BCUT2D eigenvalue weighted by Crippen LogP contribution is 2.44. The summed E-state index contributed by atoms with van der Waals surface area (Å²) in [4.78, 5) is 25.1. The van der Waals surface area contributed by atoms with E-state index in [-0.39, 0.29) is 12.5 Å². The zero-order chi connectivity index (χ0) is 13.2. The number of nitrogens with zero attached hydrogens (tertiary/aromatic N) is 1. The van der Waals surface area contributed by atoms with E-state index >= 15 is 0 Å². The van der Waals surface area contributed by atoms with Crippen molar-refractivity contribution in [3.05, 3.63) is 0 Å². The SMILES string of the molecule is COCC(=O)N1CCC[C@](CC2CC2)(C(=O)O)C1. The predicted molar refractivity (Wildman–Crippen MR) is 65.1 cm³/mol. The van der Waals surface area contributed by atoms with Gasteiger partial charge in [-0.05, 0) is 25.2 Å². The van der Waals surface area contributed by atoms with Gasteiger partial charge in [0.25, 0.3) is 0 Å². The normalized spacial score (nSPS) is 28.2. The second-order valence-electron chi connectivity index (χ2n) is 5.58. The number of methoxy groups -OCH3 is 1. The van der Waals surface area contributed by atoms with Gasteiger partial charge in [-0.3, -0.25) is 9.59 Å². The van der Waals surface area contributed by atoms with Crippen LogP contribution in [0.4, 0.5) is 0 Å². The molecule has 0 bridgehead atoms. The number of amides is 1. The van der Waals surface area contributed by atoms with E-state index in [0.29, 0.717) is 25.4 Å². The maximum atomic E-state index is 11.8. The van der Waals surface area contributed by atoms with E-state index in [1.54, 1.807) is 4.90 Å². The van der Waals surface area contributed by atoms with Crippen LogP contribution in [0.15, 0.2) is 0 Å². The number of aliphatic carboxylic acids is 1. The number of likely N-dealkylation sites (tertiary alicyclic amines) is 1. The third-order valence-electron chi connectivity index (χ3n) is 4.03. The molecule has 5 nitrogen and oxygen atoms in total. The first-order chi connectivity index (χ1) is 8.57. The van der Waals surface area contributed by atoms with Gasteiger partial charge in [0.1, 0.15) is 6.61 Å². The van der Waals surface area contributed by atoms with E-state index in [0.717, 1.165) is 25.7 Å². The number of ether oxygens (including phenoxy) is 1. The van der Waals surface area contributed by atoms with Crippen LogP contribution in [0.3, 0.4) is 0 Å². The van der Waals surface area contributed by atoms with Gasteiger partial charge in [-0.25, -0.2) is 0 Å². The number of hydrogen-bond donors (Lipinski definition) is 1. The maximum absolute atomic E-state index is 11.8.